The third-order valence-corrected chi connectivity index (χ3v) is 4.53. The minimum absolute atomic E-state index is 0.227. The molecule has 1 aromatic rings. The lowest BCUT2D eigenvalue weighted by atomic mass is 10.0. The summed E-state index contributed by atoms with van der Waals surface area (Å²) in [4.78, 5) is 2.33. The number of likely N-dealkylation sites (N-methyl/N-ethyl adjacent to an activating group) is 1. The maximum Gasteiger partial charge on any atom is 0.0454 e. The topological polar surface area (TPSA) is 29.3 Å². The molecule has 4 heteroatoms. The first kappa shape index (κ1) is 14.1. The molecular formula is C14H20Cl2N2. The van der Waals surface area contributed by atoms with Gasteiger partial charge in [-0.05, 0) is 56.5 Å². The van der Waals surface area contributed by atoms with E-state index in [9.17, 15) is 0 Å². The lowest BCUT2D eigenvalue weighted by Gasteiger charge is -2.33. The van der Waals surface area contributed by atoms with Crippen molar-refractivity contribution in [3.8, 4) is 0 Å². The van der Waals surface area contributed by atoms with Gasteiger partial charge in [0.25, 0.3) is 0 Å². The second-order valence-corrected chi connectivity index (χ2v) is 5.99. The maximum absolute atomic E-state index is 6.26. The molecule has 0 spiro atoms. The zero-order chi connectivity index (χ0) is 13.3. The Balaban J connectivity index is 2.18. The van der Waals surface area contributed by atoms with Crippen LogP contribution in [0.3, 0.4) is 0 Å². The molecule has 1 fully saturated rings. The van der Waals surface area contributed by atoms with E-state index in [1.165, 1.54) is 12.8 Å². The van der Waals surface area contributed by atoms with E-state index in [-0.39, 0.29) is 6.04 Å². The minimum Gasteiger partial charge on any atom is -0.329 e. The number of nitrogens with zero attached hydrogens (tertiary/aromatic N) is 1. The third kappa shape index (κ3) is 3.00. The molecule has 0 aliphatic heterocycles. The predicted octanol–water partition coefficient (Wildman–Crippen LogP) is 3.72. The van der Waals surface area contributed by atoms with Crippen molar-refractivity contribution in [3.05, 3.63) is 33.8 Å². The van der Waals surface area contributed by atoms with Crippen molar-refractivity contribution >= 4 is 23.2 Å². The fourth-order valence-electron chi connectivity index (χ4n) is 2.51. The average Bonchev–Trinajstić information content (AvgIpc) is 3.16. The van der Waals surface area contributed by atoms with Crippen LogP contribution in [0.4, 0.5) is 0 Å². The number of halogens is 2. The van der Waals surface area contributed by atoms with Gasteiger partial charge < -0.3 is 5.73 Å². The normalized spacial score (nSPS) is 19.0. The molecule has 100 valence electrons. The highest BCUT2D eigenvalue weighted by molar-refractivity contribution is 6.33. The molecule has 0 amide bonds. The molecule has 2 nitrogen and oxygen atoms in total. The Morgan fingerprint density at radius 2 is 2.06 bits per heavy atom. The van der Waals surface area contributed by atoms with E-state index < -0.39 is 0 Å². The predicted molar refractivity (Wildman–Crippen MR) is 78.2 cm³/mol. The van der Waals surface area contributed by atoms with Gasteiger partial charge in [0, 0.05) is 28.7 Å². The molecular weight excluding hydrogens is 267 g/mol. The Morgan fingerprint density at radius 3 is 2.61 bits per heavy atom. The standard InChI is InChI=1S/C14H20Cl2N2/c1-9(12-7-11(15)5-6-13(12)16)18(2)14(8-17)10-3-4-10/h5-7,9-10,14H,3-4,8,17H2,1-2H3. The van der Waals surface area contributed by atoms with Gasteiger partial charge in [-0.25, -0.2) is 0 Å². The molecule has 0 saturated heterocycles. The molecule has 1 saturated carbocycles. The molecule has 1 aliphatic carbocycles. The van der Waals surface area contributed by atoms with Crippen molar-refractivity contribution in [2.45, 2.75) is 31.8 Å². The summed E-state index contributed by atoms with van der Waals surface area (Å²) in [7, 11) is 2.12. The molecule has 1 aromatic carbocycles. The van der Waals surface area contributed by atoms with Crippen LogP contribution in [0.25, 0.3) is 0 Å². The highest BCUT2D eigenvalue weighted by Crippen LogP contribution is 2.38. The SMILES string of the molecule is CC(c1cc(Cl)ccc1Cl)N(C)C(CN)C1CC1. The molecule has 0 aromatic heterocycles. The van der Waals surface area contributed by atoms with Gasteiger partial charge in [-0.15, -0.1) is 0 Å². The average molecular weight is 287 g/mol. The molecule has 0 radical (unpaired) electrons. The summed E-state index contributed by atoms with van der Waals surface area (Å²) in [6.45, 7) is 2.85. The van der Waals surface area contributed by atoms with E-state index >= 15 is 0 Å². The van der Waals surface area contributed by atoms with Crippen molar-refractivity contribution in [2.24, 2.45) is 11.7 Å². The number of hydrogen-bond donors (Lipinski definition) is 1. The van der Waals surface area contributed by atoms with Crippen molar-refractivity contribution in [1.29, 1.82) is 0 Å². The number of benzene rings is 1. The Kier molecular flexibility index (Phi) is 4.54. The summed E-state index contributed by atoms with van der Waals surface area (Å²) >= 11 is 12.3. The highest BCUT2D eigenvalue weighted by atomic mass is 35.5. The van der Waals surface area contributed by atoms with Crippen molar-refractivity contribution in [1.82, 2.24) is 4.90 Å². The molecule has 0 heterocycles. The summed E-state index contributed by atoms with van der Waals surface area (Å²) in [5.74, 6) is 0.750. The van der Waals surface area contributed by atoms with Crippen LogP contribution in [-0.4, -0.2) is 24.5 Å². The molecule has 2 N–H and O–H groups in total. The van der Waals surface area contributed by atoms with Gasteiger partial charge in [-0.1, -0.05) is 23.2 Å². The first-order valence-corrected chi connectivity index (χ1v) is 7.17. The van der Waals surface area contributed by atoms with Crippen molar-refractivity contribution in [3.63, 3.8) is 0 Å². The molecule has 1 aliphatic rings. The first-order chi connectivity index (χ1) is 8.54. The summed E-state index contributed by atoms with van der Waals surface area (Å²) < 4.78 is 0. The third-order valence-electron chi connectivity index (χ3n) is 3.95. The van der Waals surface area contributed by atoms with E-state index in [1.54, 1.807) is 0 Å². The zero-order valence-electron chi connectivity index (χ0n) is 10.9. The maximum atomic E-state index is 6.26. The van der Waals surface area contributed by atoms with Crippen LogP contribution in [0.2, 0.25) is 10.0 Å². The van der Waals surface area contributed by atoms with Crippen molar-refractivity contribution < 1.29 is 0 Å². The second-order valence-electron chi connectivity index (χ2n) is 5.15. The Hall–Kier alpha value is -0.280. The lowest BCUT2D eigenvalue weighted by molar-refractivity contribution is 0.170. The van der Waals surface area contributed by atoms with E-state index in [0.717, 1.165) is 21.5 Å². The highest BCUT2D eigenvalue weighted by Gasteiger charge is 2.35. The lowest BCUT2D eigenvalue weighted by Crippen LogP contribution is -2.41. The largest absolute Gasteiger partial charge is 0.329 e. The second kappa shape index (κ2) is 5.79. The molecule has 2 unspecified atom stereocenters. The van der Waals surface area contributed by atoms with E-state index in [0.29, 0.717) is 12.6 Å². The first-order valence-electron chi connectivity index (χ1n) is 6.41. The Morgan fingerprint density at radius 1 is 1.39 bits per heavy atom. The van der Waals surface area contributed by atoms with Gasteiger partial charge in [0.15, 0.2) is 0 Å². The monoisotopic (exact) mass is 286 g/mol. The number of nitrogens with two attached hydrogens (primary N) is 1. The van der Waals surface area contributed by atoms with Gasteiger partial charge >= 0.3 is 0 Å². The molecule has 2 atom stereocenters. The van der Waals surface area contributed by atoms with Gasteiger partial charge in [0.1, 0.15) is 0 Å². The van der Waals surface area contributed by atoms with Crippen LogP contribution < -0.4 is 5.73 Å². The van der Waals surface area contributed by atoms with Gasteiger partial charge in [-0.2, -0.15) is 0 Å². The van der Waals surface area contributed by atoms with Crippen LogP contribution in [0.15, 0.2) is 18.2 Å². The molecule has 2 rings (SSSR count). The minimum atomic E-state index is 0.227. The summed E-state index contributed by atoms with van der Waals surface area (Å²) in [6, 6.07) is 6.30. The van der Waals surface area contributed by atoms with Crippen LogP contribution in [0.5, 0.6) is 0 Å². The Bertz CT molecular complexity index is 418. The summed E-state index contributed by atoms with van der Waals surface area (Å²) in [6.07, 6.45) is 2.59. The van der Waals surface area contributed by atoms with Crippen molar-refractivity contribution in [2.75, 3.05) is 13.6 Å². The van der Waals surface area contributed by atoms with Crippen LogP contribution >= 0.6 is 23.2 Å². The fourth-order valence-corrected chi connectivity index (χ4v) is 2.97. The van der Waals surface area contributed by atoms with Gasteiger partial charge in [-0.3, -0.25) is 4.90 Å². The summed E-state index contributed by atoms with van der Waals surface area (Å²) in [5.41, 5.74) is 6.97. The van der Waals surface area contributed by atoms with E-state index in [2.05, 4.69) is 18.9 Å². The fraction of sp³-hybridized carbons (Fsp3) is 0.571. The smallest absolute Gasteiger partial charge is 0.0454 e. The quantitative estimate of drug-likeness (QED) is 0.894. The zero-order valence-corrected chi connectivity index (χ0v) is 12.4. The van der Waals surface area contributed by atoms with Crippen LogP contribution in [0, 0.1) is 5.92 Å². The van der Waals surface area contributed by atoms with Gasteiger partial charge in [0.2, 0.25) is 0 Å². The molecule has 18 heavy (non-hydrogen) atoms. The van der Waals surface area contributed by atoms with E-state index in [1.807, 2.05) is 18.2 Å². The van der Waals surface area contributed by atoms with Crippen LogP contribution in [-0.2, 0) is 0 Å². The number of hydrogen-bond acceptors (Lipinski definition) is 2. The Labute approximate surface area is 119 Å². The molecule has 0 bridgehead atoms. The summed E-state index contributed by atoms with van der Waals surface area (Å²) in [5, 5.41) is 1.50. The van der Waals surface area contributed by atoms with Gasteiger partial charge in [0.05, 0.1) is 0 Å². The van der Waals surface area contributed by atoms with Crippen LogP contribution in [0.1, 0.15) is 31.4 Å². The van der Waals surface area contributed by atoms with E-state index in [4.69, 9.17) is 28.9 Å². The number of rotatable bonds is 5.